The van der Waals surface area contributed by atoms with Gasteiger partial charge in [0.2, 0.25) is 0 Å². The number of anilines is 1. The zero-order chi connectivity index (χ0) is 20.8. The molecule has 0 spiro atoms. The summed E-state index contributed by atoms with van der Waals surface area (Å²) in [5, 5.41) is 25.2. The third-order valence-corrected chi connectivity index (χ3v) is 4.55. The van der Waals surface area contributed by atoms with E-state index in [1.165, 1.54) is 12.1 Å². The molecule has 0 saturated carbocycles. The van der Waals surface area contributed by atoms with Gasteiger partial charge in [-0.3, -0.25) is 20.2 Å². The number of carbonyl (C=O) groups excluding carboxylic acids is 2. The van der Waals surface area contributed by atoms with Crippen LogP contribution in [0.4, 0.5) is 10.8 Å². The number of ether oxygens (including phenoxy) is 1. The first-order valence-electron chi connectivity index (χ1n) is 8.34. The lowest BCUT2D eigenvalue weighted by molar-refractivity contribution is -0.384. The van der Waals surface area contributed by atoms with E-state index in [-0.39, 0.29) is 10.8 Å². The molecule has 1 atom stereocenters. The summed E-state index contributed by atoms with van der Waals surface area (Å²) in [4.78, 5) is 38.4. The van der Waals surface area contributed by atoms with Crippen LogP contribution >= 0.6 is 11.3 Å². The Bertz CT molecular complexity index is 1040. The highest BCUT2D eigenvalue weighted by atomic mass is 32.1. The van der Waals surface area contributed by atoms with Crippen LogP contribution < -0.4 is 5.32 Å². The average molecular weight is 413 g/mol. The van der Waals surface area contributed by atoms with E-state index in [9.17, 15) is 24.8 Å². The predicted octanol–water partition coefficient (Wildman–Crippen LogP) is 2.93. The minimum absolute atomic E-state index is 0.0648. The van der Waals surface area contributed by atoms with Crippen molar-refractivity contribution in [3.63, 3.8) is 0 Å². The van der Waals surface area contributed by atoms with Crippen LogP contribution in [0.25, 0.3) is 11.3 Å². The van der Waals surface area contributed by atoms with Crippen LogP contribution in [-0.4, -0.2) is 33.5 Å². The Morgan fingerprint density at radius 1 is 1.21 bits per heavy atom. The topological polar surface area (TPSA) is 132 Å². The van der Waals surface area contributed by atoms with E-state index in [1.807, 2.05) is 0 Å². The zero-order valence-corrected chi connectivity index (χ0v) is 15.7. The number of aliphatic hydroxyl groups is 1. The van der Waals surface area contributed by atoms with E-state index in [0.717, 1.165) is 11.3 Å². The van der Waals surface area contributed by atoms with Crippen molar-refractivity contribution >= 4 is 34.0 Å². The fourth-order valence-electron chi connectivity index (χ4n) is 2.38. The summed E-state index contributed by atoms with van der Waals surface area (Å²) in [7, 11) is 0. The number of non-ortho nitro benzene ring substituents is 1. The van der Waals surface area contributed by atoms with Crippen LogP contribution in [-0.2, 0) is 14.3 Å². The normalized spacial score (nSPS) is 11.5. The highest BCUT2D eigenvalue weighted by Crippen LogP contribution is 2.27. The quantitative estimate of drug-likeness (QED) is 0.346. The van der Waals surface area contributed by atoms with Crippen molar-refractivity contribution < 1.29 is 24.4 Å². The van der Waals surface area contributed by atoms with Gasteiger partial charge in [-0.15, -0.1) is 11.3 Å². The second-order valence-corrected chi connectivity index (χ2v) is 6.67. The van der Waals surface area contributed by atoms with Crippen LogP contribution in [0.15, 0.2) is 60.0 Å². The molecule has 10 heteroatoms. The van der Waals surface area contributed by atoms with Gasteiger partial charge in [-0.1, -0.05) is 42.5 Å². The number of aliphatic hydroxyl groups excluding tert-OH is 1. The molecule has 9 nitrogen and oxygen atoms in total. The van der Waals surface area contributed by atoms with Gasteiger partial charge >= 0.3 is 5.97 Å². The number of aromatic nitrogens is 1. The molecule has 3 aromatic rings. The molecule has 0 aliphatic heterocycles. The number of nitro benzene ring substituents is 1. The molecule has 2 aromatic carbocycles. The van der Waals surface area contributed by atoms with Gasteiger partial charge in [0, 0.05) is 23.1 Å². The molecule has 0 fully saturated rings. The Morgan fingerprint density at radius 2 is 1.97 bits per heavy atom. The van der Waals surface area contributed by atoms with Gasteiger partial charge in [0.1, 0.15) is 0 Å². The third kappa shape index (κ3) is 5.21. The monoisotopic (exact) mass is 413 g/mol. The first-order chi connectivity index (χ1) is 13.9. The molecular formula is C19H15N3O6S. The number of esters is 1. The number of thiazole rings is 1. The fourth-order valence-corrected chi connectivity index (χ4v) is 3.12. The van der Waals surface area contributed by atoms with Gasteiger partial charge in [-0.2, -0.15) is 0 Å². The van der Waals surface area contributed by atoms with Crippen molar-refractivity contribution in [1.29, 1.82) is 0 Å². The smallest absolute Gasteiger partial charge is 0.340 e. The second kappa shape index (κ2) is 9.04. The first kappa shape index (κ1) is 20.1. The molecule has 1 amide bonds. The molecule has 1 aromatic heterocycles. The number of amides is 1. The molecule has 29 heavy (non-hydrogen) atoms. The average Bonchev–Trinajstić information content (AvgIpc) is 3.20. The summed E-state index contributed by atoms with van der Waals surface area (Å²) in [6, 6.07) is 14.2. The van der Waals surface area contributed by atoms with Crippen LogP contribution in [0, 0.1) is 10.1 Å². The summed E-state index contributed by atoms with van der Waals surface area (Å²) < 4.78 is 4.83. The van der Waals surface area contributed by atoms with Gasteiger partial charge in [0.05, 0.1) is 10.6 Å². The van der Waals surface area contributed by atoms with Crippen LogP contribution in [0.5, 0.6) is 0 Å². The highest BCUT2D eigenvalue weighted by Gasteiger charge is 2.20. The number of benzene rings is 2. The third-order valence-electron chi connectivity index (χ3n) is 3.79. The lowest BCUT2D eigenvalue weighted by atomic mass is 10.1. The van der Waals surface area contributed by atoms with E-state index in [1.54, 1.807) is 47.8 Å². The molecule has 148 valence electrons. The maximum atomic E-state index is 12.0. The zero-order valence-electron chi connectivity index (χ0n) is 14.8. The fraction of sp³-hybridized carbons (Fsp3) is 0.105. The summed E-state index contributed by atoms with van der Waals surface area (Å²) in [6.07, 6.45) is -1.48. The Labute approximate surface area is 168 Å². The van der Waals surface area contributed by atoms with Crippen molar-refractivity contribution in [2.75, 3.05) is 11.9 Å². The van der Waals surface area contributed by atoms with Gasteiger partial charge in [0.25, 0.3) is 11.6 Å². The Balaban J connectivity index is 1.56. The minimum atomic E-state index is -1.48. The number of hydrogen-bond acceptors (Lipinski definition) is 8. The number of nitrogens with one attached hydrogen (secondary N) is 1. The van der Waals surface area contributed by atoms with Gasteiger partial charge < -0.3 is 9.84 Å². The number of rotatable bonds is 7. The van der Waals surface area contributed by atoms with Crippen molar-refractivity contribution in [3.8, 4) is 11.3 Å². The van der Waals surface area contributed by atoms with Crippen molar-refractivity contribution in [2.24, 2.45) is 0 Å². The number of nitro groups is 1. The highest BCUT2D eigenvalue weighted by molar-refractivity contribution is 7.14. The maximum absolute atomic E-state index is 12.0. The van der Waals surface area contributed by atoms with Gasteiger partial charge in [-0.05, 0) is 5.56 Å². The molecule has 0 saturated heterocycles. The van der Waals surface area contributed by atoms with E-state index >= 15 is 0 Å². The molecule has 0 aliphatic carbocycles. The van der Waals surface area contributed by atoms with Gasteiger partial charge in [0.15, 0.2) is 17.8 Å². The predicted molar refractivity (Wildman–Crippen MR) is 105 cm³/mol. The van der Waals surface area contributed by atoms with E-state index in [0.29, 0.717) is 16.8 Å². The van der Waals surface area contributed by atoms with Crippen molar-refractivity contribution in [2.45, 2.75) is 6.10 Å². The standard InChI is InChI=1S/C19H15N3O6S/c23-16(10-28-18(25)17(24)12-5-2-1-3-6-12)21-19-20-15(11-29-19)13-7-4-8-14(9-13)22(26)27/h1-9,11,17,24H,10H2,(H,20,21,23). The summed E-state index contributed by atoms with van der Waals surface area (Å²) in [5.41, 5.74) is 1.29. The van der Waals surface area contributed by atoms with E-state index < -0.39 is 29.5 Å². The summed E-state index contributed by atoms with van der Waals surface area (Å²) in [5.74, 6) is -1.57. The van der Waals surface area contributed by atoms with Crippen LogP contribution in [0.3, 0.4) is 0 Å². The van der Waals surface area contributed by atoms with E-state index in [2.05, 4.69) is 10.3 Å². The van der Waals surface area contributed by atoms with Crippen molar-refractivity contribution in [1.82, 2.24) is 4.98 Å². The lowest BCUT2D eigenvalue weighted by Crippen LogP contribution is -2.23. The molecule has 1 heterocycles. The summed E-state index contributed by atoms with van der Waals surface area (Å²) >= 11 is 1.12. The molecular weight excluding hydrogens is 398 g/mol. The van der Waals surface area contributed by atoms with Gasteiger partial charge in [-0.25, -0.2) is 9.78 Å². The van der Waals surface area contributed by atoms with Crippen LogP contribution in [0.1, 0.15) is 11.7 Å². The SMILES string of the molecule is O=C(COC(=O)C(O)c1ccccc1)Nc1nc(-c2cccc([N+](=O)[O-])c2)cs1. The number of hydrogen-bond donors (Lipinski definition) is 2. The maximum Gasteiger partial charge on any atom is 0.340 e. The number of nitrogens with zero attached hydrogens (tertiary/aromatic N) is 2. The van der Waals surface area contributed by atoms with Crippen LogP contribution in [0.2, 0.25) is 0 Å². The second-order valence-electron chi connectivity index (χ2n) is 5.81. The molecule has 0 aliphatic rings. The molecule has 1 unspecified atom stereocenters. The molecule has 2 N–H and O–H groups in total. The minimum Gasteiger partial charge on any atom is -0.453 e. The summed E-state index contributed by atoms with van der Waals surface area (Å²) in [6.45, 7) is -0.589. The molecule has 3 rings (SSSR count). The lowest BCUT2D eigenvalue weighted by Gasteiger charge is -2.10. The Hall–Kier alpha value is -3.63. The Morgan fingerprint density at radius 3 is 2.69 bits per heavy atom. The first-order valence-corrected chi connectivity index (χ1v) is 9.22. The van der Waals surface area contributed by atoms with Crippen molar-refractivity contribution in [3.05, 3.63) is 75.7 Å². The molecule has 0 radical (unpaired) electrons. The molecule has 0 bridgehead atoms. The Kier molecular flexibility index (Phi) is 6.27. The largest absolute Gasteiger partial charge is 0.453 e. The van der Waals surface area contributed by atoms with E-state index in [4.69, 9.17) is 4.74 Å². The number of carbonyl (C=O) groups is 2.